The topological polar surface area (TPSA) is 48.7 Å². The molecule has 1 aromatic heterocycles. The smallest absolute Gasteiger partial charge is 0.341 e. The zero-order valence-corrected chi connectivity index (χ0v) is 11.9. The third-order valence-electron chi connectivity index (χ3n) is 2.86. The van der Waals surface area contributed by atoms with E-state index in [0.29, 0.717) is 5.57 Å². The molecule has 4 nitrogen and oxygen atoms in total. The predicted octanol–water partition coefficient (Wildman–Crippen LogP) is 3.61. The minimum Gasteiger partial charge on any atom is -0.503 e. The minimum absolute atomic E-state index is 0.361. The van der Waals surface area contributed by atoms with Gasteiger partial charge in [0.15, 0.2) is 0 Å². The van der Waals surface area contributed by atoms with Gasteiger partial charge >= 0.3 is 5.97 Å². The van der Waals surface area contributed by atoms with Gasteiger partial charge in [0, 0.05) is 0 Å². The van der Waals surface area contributed by atoms with E-state index in [1.165, 1.54) is 20.5 Å². The summed E-state index contributed by atoms with van der Waals surface area (Å²) in [5.74, 6) is 0.288. The average Bonchev–Trinajstić information content (AvgIpc) is 3.04. The van der Waals surface area contributed by atoms with Crippen LogP contribution in [-0.4, -0.2) is 20.2 Å². The number of carbonyl (C=O) groups excluding carboxylic acids is 1. The number of hydrogen-bond donors (Lipinski definition) is 0. The molecule has 0 bridgehead atoms. The van der Waals surface area contributed by atoms with E-state index in [4.69, 9.17) is 13.9 Å². The van der Waals surface area contributed by atoms with Crippen molar-refractivity contribution >= 4 is 23.7 Å². The van der Waals surface area contributed by atoms with Gasteiger partial charge in [0.05, 0.1) is 26.7 Å². The molecule has 108 valence electrons. The lowest BCUT2D eigenvalue weighted by molar-refractivity contribution is -0.133. The van der Waals surface area contributed by atoms with Crippen molar-refractivity contribution in [1.82, 2.24) is 0 Å². The van der Waals surface area contributed by atoms with Crippen LogP contribution in [0, 0.1) is 0 Å². The summed E-state index contributed by atoms with van der Waals surface area (Å²) < 4.78 is 15.0. The average molecular weight is 284 g/mol. The normalized spacial score (nSPS) is 11.6. The molecule has 0 amide bonds. The molecule has 0 aliphatic heterocycles. The summed E-state index contributed by atoms with van der Waals surface area (Å²) in [5.41, 5.74) is 1.95. The van der Waals surface area contributed by atoms with Crippen LogP contribution in [0.1, 0.15) is 16.9 Å². The number of methoxy groups -OCH3 is 2. The highest BCUT2D eigenvalue weighted by atomic mass is 16.5. The van der Waals surface area contributed by atoms with Crippen molar-refractivity contribution in [2.24, 2.45) is 0 Å². The van der Waals surface area contributed by atoms with E-state index >= 15 is 0 Å². The van der Waals surface area contributed by atoms with Crippen LogP contribution in [0.25, 0.3) is 17.7 Å². The van der Waals surface area contributed by atoms with Crippen LogP contribution in [0.3, 0.4) is 0 Å². The van der Waals surface area contributed by atoms with Crippen LogP contribution < -0.4 is 0 Å². The Morgan fingerprint density at radius 3 is 2.57 bits per heavy atom. The molecule has 0 atom stereocenters. The van der Waals surface area contributed by atoms with Gasteiger partial charge in [-0.25, -0.2) is 4.79 Å². The number of esters is 1. The molecular formula is C17H16O4. The van der Waals surface area contributed by atoms with E-state index < -0.39 is 5.97 Å². The maximum Gasteiger partial charge on any atom is 0.341 e. The van der Waals surface area contributed by atoms with E-state index in [1.807, 2.05) is 48.6 Å². The fraction of sp³-hybridized carbons (Fsp3) is 0.118. The first kappa shape index (κ1) is 14.7. The fourth-order valence-electron chi connectivity index (χ4n) is 1.89. The van der Waals surface area contributed by atoms with Gasteiger partial charge in [-0.05, 0) is 29.3 Å². The molecule has 0 saturated heterocycles. The maximum absolute atomic E-state index is 11.9. The van der Waals surface area contributed by atoms with Crippen LogP contribution in [-0.2, 0) is 14.3 Å². The lowest BCUT2D eigenvalue weighted by Gasteiger charge is -2.08. The molecule has 2 rings (SSSR count). The highest BCUT2D eigenvalue weighted by molar-refractivity contribution is 6.17. The molecule has 21 heavy (non-hydrogen) atoms. The molecule has 0 aliphatic carbocycles. The molecule has 0 saturated carbocycles. The number of hydrogen-bond acceptors (Lipinski definition) is 4. The molecule has 0 N–H and O–H groups in total. The van der Waals surface area contributed by atoms with Crippen molar-refractivity contribution in [2.45, 2.75) is 0 Å². The third-order valence-corrected chi connectivity index (χ3v) is 2.86. The highest BCUT2D eigenvalue weighted by Crippen LogP contribution is 2.22. The number of rotatable bonds is 5. The molecule has 2 aromatic rings. The molecule has 1 aromatic carbocycles. The van der Waals surface area contributed by atoms with Crippen molar-refractivity contribution in [3.63, 3.8) is 0 Å². The van der Waals surface area contributed by atoms with Crippen LogP contribution in [0.4, 0.5) is 0 Å². The van der Waals surface area contributed by atoms with E-state index in [-0.39, 0.29) is 0 Å². The Balaban J connectivity index is 2.40. The Hall–Kier alpha value is -2.75. The molecule has 1 heterocycles. The summed E-state index contributed by atoms with van der Waals surface area (Å²) in [7, 11) is 2.83. The van der Waals surface area contributed by atoms with Gasteiger partial charge in [0.2, 0.25) is 0 Å². The van der Waals surface area contributed by atoms with Crippen molar-refractivity contribution in [3.8, 4) is 0 Å². The summed E-state index contributed by atoms with van der Waals surface area (Å²) in [6.45, 7) is 0. The summed E-state index contributed by atoms with van der Waals surface area (Å²) in [6, 6.07) is 11.2. The van der Waals surface area contributed by atoms with E-state index in [0.717, 1.165) is 16.9 Å². The van der Waals surface area contributed by atoms with Gasteiger partial charge in [0.25, 0.3) is 0 Å². The van der Waals surface area contributed by atoms with Gasteiger partial charge in [-0.2, -0.15) is 0 Å². The molecule has 0 fully saturated rings. The predicted molar refractivity (Wildman–Crippen MR) is 81.1 cm³/mol. The Bertz CT molecular complexity index is 651. The standard InChI is InChI=1S/C17H16O4/c1-19-12-16(17(18)20-2)15-8-4-3-6-13(15)9-10-14-7-5-11-21-14/h3-12H,1-2H3/b10-9?,16-12+. The second-order valence-corrected chi connectivity index (χ2v) is 4.19. The summed E-state index contributed by atoms with van der Waals surface area (Å²) >= 11 is 0. The monoisotopic (exact) mass is 284 g/mol. The van der Waals surface area contributed by atoms with Gasteiger partial charge in [-0.1, -0.05) is 30.3 Å². The quantitative estimate of drug-likeness (QED) is 0.478. The van der Waals surface area contributed by atoms with Crippen molar-refractivity contribution < 1.29 is 18.7 Å². The van der Waals surface area contributed by atoms with E-state index in [2.05, 4.69) is 0 Å². The number of furan rings is 1. The Morgan fingerprint density at radius 1 is 1.10 bits per heavy atom. The van der Waals surface area contributed by atoms with Gasteiger partial charge in [0.1, 0.15) is 11.3 Å². The Labute approximate surface area is 123 Å². The van der Waals surface area contributed by atoms with Crippen LogP contribution in [0.5, 0.6) is 0 Å². The van der Waals surface area contributed by atoms with E-state index in [9.17, 15) is 4.79 Å². The zero-order chi connectivity index (χ0) is 15.1. The lowest BCUT2D eigenvalue weighted by atomic mass is 10.00. The van der Waals surface area contributed by atoms with Crippen molar-refractivity contribution in [1.29, 1.82) is 0 Å². The number of ether oxygens (including phenoxy) is 2. The molecule has 0 unspecified atom stereocenters. The Morgan fingerprint density at radius 2 is 1.90 bits per heavy atom. The third kappa shape index (κ3) is 3.63. The first-order chi connectivity index (χ1) is 10.3. The van der Waals surface area contributed by atoms with Crippen molar-refractivity contribution in [3.05, 3.63) is 65.8 Å². The number of benzene rings is 1. The van der Waals surface area contributed by atoms with E-state index in [1.54, 1.807) is 6.26 Å². The van der Waals surface area contributed by atoms with Gasteiger partial charge < -0.3 is 13.9 Å². The largest absolute Gasteiger partial charge is 0.503 e. The van der Waals surface area contributed by atoms with Gasteiger partial charge in [-0.15, -0.1) is 0 Å². The molecule has 4 heteroatoms. The molecular weight excluding hydrogens is 268 g/mol. The molecule has 0 spiro atoms. The number of carbonyl (C=O) groups is 1. The summed E-state index contributed by atoms with van der Waals surface area (Å²) in [4.78, 5) is 11.9. The van der Waals surface area contributed by atoms with Crippen molar-refractivity contribution in [2.75, 3.05) is 14.2 Å². The van der Waals surface area contributed by atoms with Gasteiger partial charge in [-0.3, -0.25) is 0 Å². The molecule has 0 radical (unpaired) electrons. The highest BCUT2D eigenvalue weighted by Gasteiger charge is 2.15. The molecule has 0 aliphatic rings. The van der Waals surface area contributed by atoms with Crippen LogP contribution in [0.15, 0.2) is 53.3 Å². The van der Waals surface area contributed by atoms with Crippen LogP contribution in [0.2, 0.25) is 0 Å². The lowest BCUT2D eigenvalue weighted by Crippen LogP contribution is -2.05. The summed E-state index contributed by atoms with van der Waals surface area (Å²) in [6.07, 6.45) is 6.70. The minimum atomic E-state index is -0.448. The SMILES string of the molecule is CO/C=C(/C(=O)OC)c1ccccc1C=Cc1ccco1. The second kappa shape index (κ2) is 7.14. The first-order valence-corrected chi connectivity index (χ1v) is 6.38. The maximum atomic E-state index is 11.9. The Kier molecular flexibility index (Phi) is 4.99. The summed E-state index contributed by atoms with van der Waals surface area (Å²) in [5, 5.41) is 0. The van der Waals surface area contributed by atoms with Crippen LogP contribution >= 0.6 is 0 Å². The zero-order valence-electron chi connectivity index (χ0n) is 11.9. The fourth-order valence-corrected chi connectivity index (χ4v) is 1.89. The first-order valence-electron chi connectivity index (χ1n) is 6.38. The second-order valence-electron chi connectivity index (χ2n) is 4.19.